The fourth-order valence-corrected chi connectivity index (χ4v) is 2.86. The molecule has 0 aromatic carbocycles. The smallest absolute Gasteiger partial charge is 0.302 e. The van der Waals surface area contributed by atoms with Crippen LogP contribution in [0.25, 0.3) is 0 Å². The molecule has 2 N–H and O–H groups in total. The van der Waals surface area contributed by atoms with E-state index in [1.54, 1.807) is 6.92 Å². The van der Waals surface area contributed by atoms with Crippen LogP contribution in [0.1, 0.15) is 27.7 Å². The van der Waals surface area contributed by atoms with Crippen LogP contribution in [-0.4, -0.2) is 82.4 Å². The van der Waals surface area contributed by atoms with Crippen LogP contribution >= 0.6 is 0 Å². The van der Waals surface area contributed by atoms with Gasteiger partial charge in [-0.3, -0.25) is 14.4 Å². The van der Waals surface area contributed by atoms with Crippen molar-refractivity contribution in [2.75, 3.05) is 40.0 Å². The van der Waals surface area contributed by atoms with Gasteiger partial charge in [-0.05, 0) is 7.05 Å². The van der Waals surface area contributed by atoms with Crippen LogP contribution in [0.3, 0.4) is 0 Å². The van der Waals surface area contributed by atoms with E-state index >= 15 is 0 Å². The molecule has 0 spiro atoms. The summed E-state index contributed by atoms with van der Waals surface area (Å²) in [5.41, 5.74) is 0. The number of carbonyl (C=O) groups excluding carboxylic acids is 3. The molecule has 0 radical (unpaired) electrons. The van der Waals surface area contributed by atoms with Crippen molar-refractivity contribution in [3.8, 4) is 0 Å². The van der Waals surface area contributed by atoms with E-state index in [0.29, 0.717) is 19.8 Å². The highest BCUT2D eigenvalue weighted by Gasteiger charge is 2.47. The van der Waals surface area contributed by atoms with Gasteiger partial charge in [-0.1, -0.05) is 6.92 Å². The van der Waals surface area contributed by atoms with E-state index in [4.69, 9.17) is 23.7 Å². The number of nitrogens with one attached hydrogen (secondary N) is 2. The molecule has 0 unspecified atom stereocenters. The largest absolute Gasteiger partial charge is 0.463 e. The number of rotatable bonds is 11. The van der Waals surface area contributed by atoms with Crippen LogP contribution in [-0.2, 0) is 38.1 Å². The van der Waals surface area contributed by atoms with Crippen LogP contribution in [0.2, 0.25) is 0 Å². The molecule has 1 aliphatic heterocycles. The molecule has 1 heterocycles. The Morgan fingerprint density at radius 2 is 1.75 bits per heavy atom. The molecule has 1 rings (SSSR count). The van der Waals surface area contributed by atoms with Gasteiger partial charge in [-0.2, -0.15) is 0 Å². The minimum absolute atomic E-state index is 0.0143. The molecule has 0 aromatic heterocycles. The van der Waals surface area contributed by atoms with Crippen molar-refractivity contribution in [1.29, 1.82) is 0 Å². The van der Waals surface area contributed by atoms with Gasteiger partial charge in [-0.25, -0.2) is 0 Å². The Morgan fingerprint density at radius 3 is 2.32 bits per heavy atom. The van der Waals surface area contributed by atoms with Crippen LogP contribution in [0.15, 0.2) is 0 Å². The quantitative estimate of drug-likeness (QED) is 0.350. The first-order valence-electron chi connectivity index (χ1n) is 9.33. The molecule has 1 amide bonds. The lowest BCUT2D eigenvalue weighted by Crippen LogP contribution is -2.63. The zero-order valence-electron chi connectivity index (χ0n) is 17.2. The summed E-state index contributed by atoms with van der Waals surface area (Å²) in [6.07, 6.45) is -2.16. The number of esters is 2. The number of ether oxygens (including phenoxy) is 5. The molecule has 1 saturated heterocycles. The lowest BCUT2D eigenvalue weighted by atomic mass is 9.89. The lowest BCUT2D eigenvalue weighted by Gasteiger charge is -2.44. The molecule has 5 atom stereocenters. The van der Waals surface area contributed by atoms with E-state index in [1.807, 2.05) is 7.05 Å². The van der Waals surface area contributed by atoms with Crippen LogP contribution < -0.4 is 10.6 Å². The molecule has 0 aromatic rings. The first-order valence-corrected chi connectivity index (χ1v) is 9.33. The second kappa shape index (κ2) is 12.7. The van der Waals surface area contributed by atoms with E-state index in [0.717, 1.165) is 0 Å². The number of amides is 1. The number of carbonyl (C=O) groups is 3. The first kappa shape index (κ1) is 24.3. The Balaban J connectivity index is 2.85. The van der Waals surface area contributed by atoms with E-state index in [2.05, 4.69) is 10.6 Å². The molecule has 0 aliphatic carbocycles. The highest BCUT2D eigenvalue weighted by atomic mass is 16.7. The SMILES string of the molecule is CNCCOCCO[C@@H]1O[C@H](COC(C)=O)[C@H](C)[C@H](OC(C)=O)[C@H]1NC(C)=O. The Labute approximate surface area is 165 Å². The summed E-state index contributed by atoms with van der Waals surface area (Å²) in [6.45, 7) is 7.52. The first-order chi connectivity index (χ1) is 13.3. The molecule has 162 valence electrons. The minimum atomic E-state index is -0.891. The van der Waals surface area contributed by atoms with Crippen molar-refractivity contribution < 1.29 is 38.1 Å². The number of hydrogen-bond acceptors (Lipinski definition) is 9. The summed E-state index contributed by atoms with van der Waals surface area (Å²) >= 11 is 0. The van der Waals surface area contributed by atoms with Crippen molar-refractivity contribution in [3.63, 3.8) is 0 Å². The Kier molecular flexibility index (Phi) is 11.0. The zero-order chi connectivity index (χ0) is 21.1. The average Bonchev–Trinajstić information content (AvgIpc) is 2.60. The topological polar surface area (TPSA) is 121 Å². The van der Waals surface area contributed by atoms with Gasteiger partial charge in [0.05, 0.1) is 19.8 Å². The van der Waals surface area contributed by atoms with Gasteiger partial charge in [0.25, 0.3) is 0 Å². The summed E-state index contributed by atoms with van der Waals surface area (Å²) < 4.78 is 27.6. The summed E-state index contributed by atoms with van der Waals surface area (Å²) in [7, 11) is 1.83. The van der Waals surface area contributed by atoms with Crippen molar-refractivity contribution >= 4 is 17.8 Å². The van der Waals surface area contributed by atoms with Crippen LogP contribution in [0.4, 0.5) is 0 Å². The Hall–Kier alpha value is -1.75. The number of hydrogen-bond donors (Lipinski definition) is 2. The molecule has 1 fully saturated rings. The minimum Gasteiger partial charge on any atom is -0.463 e. The maximum atomic E-state index is 11.7. The molecule has 0 saturated carbocycles. The summed E-state index contributed by atoms with van der Waals surface area (Å²) in [5, 5.41) is 5.71. The predicted octanol–water partition coefficient (Wildman–Crippen LogP) is -0.400. The van der Waals surface area contributed by atoms with Crippen molar-refractivity contribution in [2.24, 2.45) is 5.92 Å². The van der Waals surface area contributed by atoms with Crippen molar-refractivity contribution in [3.05, 3.63) is 0 Å². The van der Waals surface area contributed by atoms with Gasteiger partial charge in [0.15, 0.2) is 6.29 Å². The average molecular weight is 404 g/mol. The standard InChI is InChI=1S/C18H32N2O8/c1-11-15(10-26-13(3)22)28-18(25-9-8-24-7-6-19-5)16(20-12(2)21)17(11)27-14(4)23/h11,15-19H,6-10H2,1-5H3,(H,20,21)/t11-,15+,16+,17-,18+/m0/s1. The monoisotopic (exact) mass is 404 g/mol. The maximum Gasteiger partial charge on any atom is 0.302 e. The second-order valence-corrected chi connectivity index (χ2v) is 6.59. The zero-order valence-corrected chi connectivity index (χ0v) is 17.2. The fourth-order valence-electron chi connectivity index (χ4n) is 2.86. The third-order valence-electron chi connectivity index (χ3n) is 4.19. The third-order valence-corrected chi connectivity index (χ3v) is 4.19. The van der Waals surface area contributed by atoms with E-state index in [9.17, 15) is 14.4 Å². The van der Waals surface area contributed by atoms with Gasteiger partial charge < -0.3 is 34.3 Å². The van der Waals surface area contributed by atoms with Gasteiger partial charge in [0.2, 0.25) is 5.91 Å². The molecule has 10 heteroatoms. The fraction of sp³-hybridized carbons (Fsp3) is 0.833. The second-order valence-electron chi connectivity index (χ2n) is 6.59. The molecule has 28 heavy (non-hydrogen) atoms. The van der Waals surface area contributed by atoms with Gasteiger partial charge >= 0.3 is 11.9 Å². The van der Waals surface area contributed by atoms with E-state index in [1.165, 1.54) is 20.8 Å². The van der Waals surface area contributed by atoms with Gasteiger partial charge in [0.1, 0.15) is 24.9 Å². The summed E-state index contributed by atoms with van der Waals surface area (Å²) in [4.78, 5) is 34.4. The Morgan fingerprint density at radius 1 is 1.04 bits per heavy atom. The molecule has 10 nitrogen and oxygen atoms in total. The maximum absolute atomic E-state index is 11.7. The van der Waals surface area contributed by atoms with E-state index in [-0.39, 0.29) is 25.0 Å². The lowest BCUT2D eigenvalue weighted by molar-refractivity contribution is -0.261. The van der Waals surface area contributed by atoms with Crippen LogP contribution in [0, 0.1) is 5.92 Å². The Bertz CT molecular complexity index is 516. The summed E-state index contributed by atoms with van der Waals surface area (Å²) in [6, 6.07) is -0.706. The molecule has 0 bridgehead atoms. The normalized spacial score (nSPS) is 27.1. The highest BCUT2D eigenvalue weighted by molar-refractivity contribution is 5.73. The third kappa shape index (κ3) is 8.51. The highest BCUT2D eigenvalue weighted by Crippen LogP contribution is 2.29. The van der Waals surface area contributed by atoms with Crippen molar-refractivity contribution in [2.45, 2.75) is 52.2 Å². The predicted molar refractivity (Wildman–Crippen MR) is 98.3 cm³/mol. The van der Waals surface area contributed by atoms with Crippen molar-refractivity contribution in [1.82, 2.24) is 10.6 Å². The van der Waals surface area contributed by atoms with Gasteiger partial charge in [0, 0.05) is 33.2 Å². The van der Waals surface area contributed by atoms with Gasteiger partial charge in [-0.15, -0.1) is 0 Å². The number of likely N-dealkylation sites (N-methyl/N-ethyl adjacent to an activating group) is 1. The van der Waals surface area contributed by atoms with E-state index < -0.39 is 36.5 Å². The molecule has 1 aliphatic rings. The summed E-state index contributed by atoms with van der Waals surface area (Å²) in [5.74, 6) is -1.59. The molecular weight excluding hydrogens is 372 g/mol. The van der Waals surface area contributed by atoms with Crippen LogP contribution in [0.5, 0.6) is 0 Å². The molecular formula is C18H32N2O8.